The van der Waals surface area contributed by atoms with Gasteiger partial charge in [-0.25, -0.2) is 0 Å². The quantitative estimate of drug-likeness (QED) is 0.199. The molecule has 9 rings (SSSR count). The molecule has 0 atom stereocenters. The highest BCUT2D eigenvalue weighted by molar-refractivity contribution is 6.04. The molecule has 8 aromatic rings. The van der Waals surface area contributed by atoms with Crippen molar-refractivity contribution in [2.45, 2.75) is 0 Å². The third-order valence-corrected chi connectivity index (χ3v) is 9.06. The van der Waals surface area contributed by atoms with Crippen LogP contribution in [0.3, 0.4) is 0 Å². The summed E-state index contributed by atoms with van der Waals surface area (Å²) in [4.78, 5) is 2.36. The van der Waals surface area contributed by atoms with E-state index in [1.165, 1.54) is 38.2 Å². The van der Waals surface area contributed by atoms with E-state index >= 15 is 0 Å². The standard InChI is InChI=1S/C44H29NO/c1-2-9-30(10-3-1)31-19-24-36(25-20-31)45(41-17-7-12-33-11-4-5-15-38(33)41)37-26-21-32(22-27-37)35-23-28-42-40(29-35)39-16-6-13-34-14-8-18-43(46-42)44(34)39/h1-29H. The first-order valence-corrected chi connectivity index (χ1v) is 15.7. The Balaban J connectivity index is 1.13. The van der Waals surface area contributed by atoms with Crippen molar-refractivity contribution in [3.8, 4) is 44.9 Å². The van der Waals surface area contributed by atoms with Gasteiger partial charge in [-0.05, 0) is 87.1 Å². The first-order chi connectivity index (χ1) is 22.8. The lowest BCUT2D eigenvalue weighted by atomic mass is 9.92. The Kier molecular flexibility index (Phi) is 6.17. The van der Waals surface area contributed by atoms with Crippen LogP contribution in [-0.2, 0) is 0 Å². The summed E-state index contributed by atoms with van der Waals surface area (Å²) in [6.07, 6.45) is 0. The maximum Gasteiger partial charge on any atom is 0.135 e. The van der Waals surface area contributed by atoms with Gasteiger partial charge < -0.3 is 9.64 Å². The predicted molar refractivity (Wildman–Crippen MR) is 193 cm³/mol. The lowest BCUT2D eigenvalue weighted by molar-refractivity contribution is 0.487. The summed E-state index contributed by atoms with van der Waals surface area (Å²) in [5.41, 5.74) is 10.4. The van der Waals surface area contributed by atoms with E-state index in [1.54, 1.807) is 0 Å². The van der Waals surface area contributed by atoms with E-state index in [-0.39, 0.29) is 0 Å². The molecular weight excluding hydrogens is 558 g/mol. The van der Waals surface area contributed by atoms with Gasteiger partial charge in [-0.3, -0.25) is 0 Å². The van der Waals surface area contributed by atoms with Gasteiger partial charge in [-0.15, -0.1) is 0 Å². The summed E-state index contributed by atoms with van der Waals surface area (Å²) in [6, 6.07) is 62.7. The normalized spacial score (nSPS) is 11.7. The molecule has 0 fully saturated rings. The van der Waals surface area contributed by atoms with E-state index in [4.69, 9.17) is 4.74 Å². The molecule has 1 aliphatic rings. The van der Waals surface area contributed by atoms with Gasteiger partial charge in [0.2, 0.25) is 0 Å². The number of hydrogen-bond acceptors (Lipinski definition) is 2. The highest BCUT2D eigenvalue weighted by Gasteiger charge is 2.21. The minimum Gasteiger partial charge on any atom is -0.456 e. The van der Waals surface area contributed by atoms with Gasteiger partial charge in [0.15, 0.2) is 0 Å². The molecule has 0 N–H and O–H groups in total. The van der Waals surface area contributed by atoms with Crippen molar-refractivity contribution in [2.75, 3.05) is 4.90 Å². The van der Waals surface area contributed by atoms with Crippen LogP contribution in [0.5, 0.6) is 11.5 Å². The lowest BCUT2D eigenvalue weighted by Crippen LogP contribution is -2.10. The van der Waals surface area contributed by atoms with Gasteiger partial charge in [0.25, 0.3) is 0 Å². The summed E-state index contributed by atoms with van der Waals surface area (Å²) in [5, 5.41) is 4.80. The van der Waals surface area contributed by atoms with Crippen LogP contribution in [0, 0.1) is 0 Å². The van der Waals surface area contributed by atoms with Crippen LogP contribution in [0.1, 0.15) is 0 Å². The SMILES string of the molecule is c1ccc(-c2ccc(N(c3ccc(-c4ccc5c(c4)-c4cccc6cccc(c46)O5)cc3)c3cccc4ccccc34)cc2)cc1. The lowest BCUT2D eigenvalue weighted by Gasteiger charge is -2.27. The van der Waals surface area contributed by atoms with Crippen molar-refractivity contribution >= 4 is 38.6 Å². The molecular formula is C44H29NO. The van der Waals surface area contributed by atoms with Crippen LogP contribution in [0.4, 0.5) is 17.1 Å². The maximum absolute atomic E-state index is 6.35. The number of anilines is 3. The molecule has 216 valence electrons. The molecule has 1 aliphatic heterocycles. The first-order valence-electron chi connectivity index (χ1n) is 15.7. The second kappa shape index (κ2) is 10.8. The number of ether oxygens (including phenoxy) is 1. The van der Waals surface area contributed by atoms with Gasteiger partial charge >= 0.3 is 0 Å². The van der Waals surface area contributed by atoms with Crippen LogP contribution < -0.4 is 9.64 Å². The molecule has 2 nitrogen and oxygen atoms in total. The zero-order valence-electron chi connectivity index (χ0n) is 25.1. The van der Waals surface area contributed by atoms with E-state index in [0.29, 0.717) is 0 Å². The van der Waals surface area contributed by atoms with Crippen molar-refractivity contribution in [3.63, 3.8) is 0 Å². The topological polar surface area (TPSA) is 12.5 Å². The van der Waals surface area contributed by atoms with Crippen molar-refractivity contribution in [3.05, 3.63) is 176 Å². The van der Waals surface area contributed by atoms with Crippen molar-refractivity contribution in [2.24, 2.45) is 0 Å². The van der Waals surface area contributed by atoms with Crippen LogP contribution in [-0.4, -0.2) is 0 Å². The van der Waals surface area contributed by atoms with Gasteiger partial charge in [0.05, 0.1) is 5.69 Å². The molecule has 0 saturated carbocycles. The van der Waals surface area contributed by atoms with E-state index in [9.17, 15) is 0 Å². The number of hydrogen-bond donors (Lipinski definition) is 0. The molecule has 0 unspecified atom stereocenters. The van der Waals surface area contributed by atoms with E-state index in [2.05, 4.69) is 181 Å². The van der Waals surface area contributed by atoms with Gasteiger partial charge in [0.1, 0.15) is 11.5 Å². The minimum absolute atomic E-state index is 0.896. The number of benzene rings is 8. The molecule has 1 heterocycles. The molecule has 0 amide bonds. The van der Waals surface area contributed by atoms with Crippen LogP contribution in [0.15, 0.2) is 176 Å². The van der Waals surface area contributed by atoms with Crippen molar-refractivity contribution in [1.29, 1.82) is 0 Å². The van der Waals surface area contributed by atoms with Crippen molar-refractivity contribution < 1.29 is 4.74 Å². The summed E-state index contributed by atoms with van der Waals surface area (Å²) in [5.74, 6) is 1.82. The Morgan fingerprint density at radius 1 is 0.370 bits per heavy atom. The van der Waals surface area contributed by atoms with Gasteiger partial charge in [-0.2, -0.15) is 0 Å². The predicted octanol–water partition coefficient (Wildman–Crippen LogP) is 12.6. The van der Waals surface area contributed by atoms with Crippen LogP contribution >= 0.6 is 0 Å². The monoisotopic (exact) mass is 587 g/mol. The Labute approximate surface area is 268 Å². The Morgan fingerprint density at radius 3 is 1.74 bits per heavy atom. The van der Waals surface area contributed by atoms with Gasteiger partial charge in [-0.1, -0.05) is 127 Å². The first kappa shape index (κ1) is 26.3. The summed E-state index contributed by atoms with van der Waals surface area (Å²) >= 11 is 0. The smallest absolute Gasteiger partial charge is 0.135 e. The molecule has 46 heavy (non-hydrogen) atoms. The Morgan fingerprint density at radius 2 is 0.957 bits per heavy atom. The average molecular weight is 588 g/mol. The molecule has 0 aromatic heterocycles. The second-order valence-corrected chi connectivity index (χ2v) is 11.8. The zero-order valence-corrected chi connectivity index (χ0v) is 25.1. The largest absolute Gasteiger partial charge is 0.456 e. The highest BCUT2D eigenvalue weighted by Crippen LogP contribution is 2.48. The average Bonchev–Trinajstić information content (AvgIpc) is 3.13. The summed E-state index contributed by atoms with van der Waals surface area (Å²) in [7, 11) is 0. The van der Waals surface area contributed by atoms with Gasteiger partial charge in [0, 0.05) is 27.7 Å². The van der Waals surface area contributed by atoms with Crippen LogP contribution in [0.2, 0.25) is 0 Å². The molecule has 2 heteroatoms. The van der Waals surface area contributed by atoms with Crippen molar-refractivity contribution in [1.82, 2.24) is 0 Å². The second-order valence-electron chi connectivity index (χ2n) is 11.8. The van der Waals surface area contributed by atoms with E-state index in [0.717, 1.165) is 45.3 Å². The fourth-order valence-corrected chi connectivity index (χ4v) is 6.81. The number of nitrogens with zero attached hydrogens (tertiary/aromatic N) is 1. The third kappa shape index (κ3) is 4.43. The maximum atomic E-state index is 6.35. The highest BCUT2D eigenvalue weighted by atomic mass is 16.5. The molecule has 0 saturated heterocycles. The molecule has 8 aromatic carbocycles. The number of fused-ring (bicyclic) bond motifs is 3. The Bertz CT molecular complexity index is 2360. The molecule has 0 bridgehead atoms. The van der Waals surface area contributed by atoms with E-state index < -0.39 is 0 Å². The molecule has 0 radical (unpaired) electrons. The minimum atomic E-state index is 0.896. The third-order valence-electron chi connectivity index (χ3n) is 9.06. The fraction of sp³-hybridized carbons (Fsp3) is 0. The van der Waals surface area contributed by atoms with Crippen LogP contribution in [0.25, 0.3) is 54.9 Å². The Hall–Kier alpha value is -6.12. The fourth-order valence-electron chi connectivity index (χ4n) is 6.81. The summed E-state index contributed by atoms with van der Waals surface area (Å²) in [6.45, 7) is 0. The molecule has 0 spiro atoms. The van der Waals surface area contributed by atoms with E-state index in [1.807, 2.05) is 0 Å². The molecule has 0 aliphatic carbocycles. The summed E-state index contributed by atoms with van der Waals surface area (Å²) < 4.78 is 6.35. The zero-order chi connectivity index (χ0) is 30.5. The number of rotatable bonds is 5.